The molecule has 11 nitrogen and oxygen atoms in total. The quantitative estimate of drug-likeness (QED) is 0.344. The Bertz CT molecular complexity index is 1410. The van der Waals surface area contributed by atoms with E-state index in [-0.39, 0.29) is 18.3 Å². The van der Waals surface area contributed by atoms with Crippen LogP contribution in [0.25, 0.3) is 33.1 Å². The van der Waals surface area contributed by atoms with Gasteiger partial charge in [0.2, 0.25) is 0 Å². The first kappa shape index (κ1) is 24.0. The van der Waals surface area contributed by atoms with Crippen LogP contribution in [-0.4, -0.2) is 102 Å². The molecule has 0 bridgehead atoms. The van der Waals surface area contributed by atoms with Crippen LogP contribution in [0, 0.1) is 5.82 Å². The number of ether oxygens (including phenoxy) is 3. The molecule has 2 aliphatic rings. The Kier molecular flexibility index (Phi) is 6.59. The van der Waals surface area contributed by atoms with E-state index in [1.165, 1.54) is 17.4 Å². The lowest BCUT2D eigenvalue weighted by Gasteiger charge is -2.46. The topological polar surface area (TPSA) is 119 Å². The van der Waals surface area contributed by atoms with Crippen molar-refractivity contribution in [2.24, 2.45) is 0 Å². The Morgan fingerprint density at radius 3 is 2.89 bits per heavy atom. The molecule has 13 heteroatoms. The first-order chi connectivity index (χ1) is 18.1. The molecule has 0 aliphatic carbocycles. The molecule has 5 heterocycles. The number of amides is 1. The van der Waals surface area contributed by atoms with Gasteiger partial charge in [-0.25, -0.2) is 9.37 Å². The molecule has 0 atom stereocenters. The number of carbonyl (C=O) groups excluding carboxylic acids is 1. The molecular formula is C24H25FN6O5S. The zero-order valence-electron chi connectivity index (χ0n) is 20.1. The summed E-state index contributed by atoms with van der Waals surface area (Å²) < 4.78 is 35.9. The van der Waals surface area contributed by atoms with Gasteiger partial charge in [0, 0.05) is 62.2 Å². The number of nitrogens with zero attached hydrogens (tertiary/aromatic N) is 5. The van der Waals surface area contributed by atoms with Gasteiger partial charge >= 0.3 is 0 Å². The number of H-pyrrole nitrogens is 1. The second-order valence-corrected chi connectivity index (χ2v) is 9.73. The Morgan fingerprint density at radius 1 is 1.24 bits per heavy atom. The molecule has 0 unspecified atom stereocenters. The summed E-state index contributed by atoms with van der Waals surface area (Å²) in [5.41, 5.74) is 1.87. The highest BCUT2D eigenvalue weighted by atomic mass is 32.1. The van der Waals surface area contributed by atoms with Gasteiger partial charge in [0.05, 0.1) is 25.3 Å². The average molecular weight is 529 g/mol. The number of thiazole rings is 1. The van der Waals surface area contributed by atoms with Crippen molar-refractivity contribution in [3.05, 3.63) is 35.1 Å². The summed E-state index contributed by atoms with van der Waals surface area (Å²) in [5.74, 6) is -0.145. The van der Waals surface area contributed by atoms with E-state index in [2.05, 4.69) is 25.2 Å². The maximum absolute atomic E-state index is 14.6. The summed E-state index contributed by atoms with van der Waals surface area (Å²) in [6.45, 7) is 5.27. The van der Waals surface area contributed by atoms with E-state index in [0.717, 1.165) is 26.3 Å². The fourth-order valence-corrected chi connectivity index (χ4v) is 5.23. The molecule has 2 fully saturated rings. The molecule has 0 radical (unpaired) electrons. The van der Waals surface area contributed by atoms with Crippen molar-refractivity contribution in [1.82, 2.24) is 30.1 Å². The fraction of sp³-hybridized carbons (Fsp3) is 0.417. The van der Waals surface area contributed by atoms with Crippen molar-refractivity contribution in [3.63, 3.8) is 0 Å². The van der Waals surface area contributed by atoms with Gasteiger partial charge in [-0.1, -0.05) is 5.16 Å². The van der Waals surface area contributed by atoms with E-state index in [1.54, 1.807) is 24.6 Å². The van der Waals surface area contributed by atoms with Crippen LogP contribution < -0.4 is 4.74 Å². The van der Waals surface area contributed by atoms with Crippen molar-refractivity contribution >= 4 is 28.1 Å². The second kappa shape index (κ2) is 10.2. The highest BCUT2D eigenvalue weighted by Crippen LogP contribution is 2.34. The number of benzene rings is 1. The van der Waals surface area contributed by atoms with Crippen LogP contribution in [0.5, 0.6) is 5.75 Å². The molecule has 1 aromatic carbocycles. The monoisotopic (exact) mass is 528 g/mol. The number of carbonyl (C=O) groups is 1. The van der Waals surface area contributed by atoms with Gasteiger partial charge in [0.1, 0.15) is 28.7 Å². The first-order valence-corrected chi connectivity index (χ1v) is 12.8. The standard InChI is InChI=1S/C24H25FN6O5S/c1-33-6-7-35-20-9-17-15(8-16(20)25)22(28-27-17)21-10-18(29-36-21)23-26-19(13-37-23)24(32)31-11-14(12-31)30-2-4-34-5-3-30/h8-10,13-14H,2-7,11-12H2,1H3,(H,27,28). The number of likely N-dealkylation sites (tertiary alicyclic amines) is 1. The lowest BCUT2D eigenvalue weighted by atomic mass is 10.1. The van der Waals surface area contributed by atoms with Crippen molar-refractivity contribution < 1.29 is 27.9 Å². The summed E-state index contributed by atoms with van der Waals surface area (Å²) in [5, 5.41) is 14.1. The third-order valence-corrected chi connectivity index (χ3v) is 7.42. The van der Waals surface area contributed by atoms with E-state index in [9.17, 15) is 9.18 Å². The maximum Gasteiger partial charge on any atom is 0.273 e. The third-order valence-electron chi connectivity index (χ3n) is 6.56. The van der Waals surface area contributed by atoms with Crippen LogP contribution in [0.15, 0.2) is 28.1 Å². The summed E-state index contributed by atoms with van der Waals surface area (Å²) in [6.07, 6.45) is 0. The van der Waals surface area contributed by atoms with Crippen LogP contribution >= 0.6 is 11.3 Å². The molecule has 6 rings (SSSR count). The van der Waals surface area contributed by atoms with Gasteiger partial charge in [-0.3, -0.25) is 14.8 Å². The van der Waals surface area contributed by atoms with Gasteiger partial charge in [0.25, 0.3) is 5.91 Å². The number of aromatic nitrogens is 4. The van der Waals surface area contributed by atoms with Crippen molar-refractivity contribution in [2.45, 2.75) is 6.04 Å². The molecule has 0 spiro atoms. The Labute approximate surface area is 215 Å². The van der Waals surface area contributed by atoms with Gasteiger partial charge in [0.15, 0.2) is 17.3 Å². The molecule has 37 heavy (non-hydrogen) atoms. The predicted octanol–water partition coefficient (Wildman–Crippen LogP) is 2.66. The molecule has 2 saturated heterocycles. The number of fused-ring (bicyclic) bond motifs is 1. The van der Waals surface area contributed by atoms with E-state index < -0.39 is 5.82 Å². The van der Waals surface area contributed by atoms with Gasteiger partial charge in [-0.15, -0.1) is 11.3 Å². The first-order valence-electron chi connectivity index (χ1n) is 11.9. The van der Waals surface area contributed by atoms with E-state index in [0.29, 0.717) is 64.5 Å². The fourth-order valence-electron chi connectivity index (χ4n) is 4.49. The summed E-state index contributed by atoms with van der Waals surface area (Å²) in [7, 11) is 1.55. The van der Waals surface area contributed by atoms with Crippen LogP contribution in [0.3, 0.4) is 0 Å². The Balaban J connectivity index is 1.14. The number of hydrogen-bond acceptors (Lipinski definition) is 10. The van der Waals surface area contributed by atoms with E-state index in [1.807, 2.05) is 4.90 Å². The second-order valence-electron chi connectivity index (χ2n) is 8.87. The third kappa shape index (κ3) is 4.70. The van der Waals surface area contributed by atoms with Crippen LogP contribution in [-0.2, 0) is 9.47 Å². The predicted molar refractivity (Wildman–Crippen MR) is 132 cm³/mol. The molecular weight excluding hydrogens is 503 g/mol. The highest BCUT2D eigenvalue weighted by molar-refractivity contribution is 7.13. The smallest absolute Gasteiger partial charge is 0.273 e. The average Bonchev–Trinajstić information content (AvgIpc) is 3.63. The number of nitrogens with one attached hydrogen (secondary N) is 1. The zero-order chi connectivity index (χ0) is 25.4. The Morgan fingerprint density at radius 2 is 2.08 bits per heavy atom. The largest absolute Gasteiger partial charge is 0.488 e. The number of morpholine rings is 1. The number of hydrogen-bond donors (Lipinski definition) is 1. The summed E-state index contributed by atoms with van der Waals surface area (Å²) >= 11 is 1.32. The van der Waals surface area contributed by atoms with Crippen LogP contribution in [0.1, 0.15) is 10.5 Å². The van der Waals surface area contributed by atoms with E-state index >= 15 is 0 Å². The molecule has 194 valence electrons. The van der Waals surface area contributed by atoms with Crippen LogP contribution in [0.4, 0.5) is 4.39 Å². The molecule has 2 aliphatic heterocycles. The van der Waals surface area contributed by atoms with Gasteiger partial charge < -0.3 is 23.6 Å². The number of methoxy groups -OCH3 is 1. The lowest BCUT2D eigenvalue weighted by Crippen LogP contribution is -2.62. The summed E-state index contributed by atoms with van der Waals surface area (Å²) in [4.78, 5) is 21.6. The number of aromatic amines is 1. The minimum absolute atomic E-state index is 0.0898. The minimum atomic E-state index is -0.518. The SMILES string of the molecule is COCCOc1cc2[nH]nc(-c3cc(-c4nc(C(=O)N5CC(N6CCOCC6)C5)cs4)no3)c2cc1F. The van der Waals surface area contributed by atoms with E-state index in [4.69, 9.17) is 18.7 Å². The molecule has 4 aromatic rings. The Hall–Kier alpha value is -3.39. The maximum atomic E-state index is 14.6. The molecule has 0 saturated carbocycles. The zero-order valence-corrected chi connectivity index (χ0v) is 20.9. The number of halogens is 1. The van der Waals surface area contributed by atoms with Gasteiger partial charge in [-0.2, -0.15) is 5.10 Å². The molecule has 1 N–H and O–H groups in total. The highest BCUT2D eigenvalue weighted by Gasteiger charge is 2.36. The van der Waals surface area contributed by atoms with Crippen molar-refractivity contribution in [1.29, 1.82) is 0 Å². The minimum Gasteiger partial charge on any atom is -0.488 e. The molecule has 1 amide bonds. The summed E-state index contributed by atoms with van der Waals surface area (Å²) in [6, 6.07) is 4.95. The van der Waals surface area contributed by atoms with Gasteiger partial charge in [-0.05, 0) is 6.07 Å². The number of rotatable bonds is 8. The van der Waals surface area contributed by atoms with Crippen molar-refractivity contribution in [3.8, 4) is 27.9 Å². The lowest BCUT2D eigenvalue weighted by molar-refractivity contribution is -0.0257. The van der Waals surface area contributed by atoms with Crippen LogP contribution in [0.2, 0.25) is 0 Å². The van der Waals surface area contributed by atoms with Crippen molar-refractivity contribution in [2.75, 3.05) is 59.7 Å². The normalized spacial score (nSPS) is 16.9. The molecule has 3 aromatic heterocycles.